The summed E-state index contributed by atoms with van der Waals surface area (Å²) in [6.07, 6.45) is 7.62. The Labute approximate surface area is 218 Å². The molecule has 0 radical (unpaired) electrons. The number of para-hydroxylation sites is 1. The molecule has 0 aliphatic carbocycles. The zero-order valence-corrected chi connectivity index (χ0v) is 22.3. The van der Waals surface area contributed by atoms with Gasteiger partial charge in [-0.3, -0.25) is 9.79 Å². The van der Waals surface area contributed by atoms with Crippen molar-refractivity contribution in [3.63, 3.8) is 0 Å². The normalized spacial score (nSPS) is 15.7. The van der Waals surface area contributed by atoms with Crippen molar-refractivity contribution in [2.75, 3.05) is 32.0 Å². The third-order valence-electron chi connectivity index (χ3n) is 7.28. The topological polar surface area (TPSA) is 80.8 Å². The Hall–Kier alpha value is -2.77. The van der Waals surface area contributed by atoms with E-state index in [1.165, 1.54) is 0 Å². The van der Waals surface area contributed by atoms with Crippen LogP contribution in [0.25, 0.3) is 10.9 Å². The van der Waals surface area contributed by atoms with E-state index in [0.717, 1.165) is 85.4 Å². The molecule has 1 atom stereocenters. The van der Waals surface area contributed by atoms with Gasteiger partial charge >= 0.3 is 0 Å². The molecule has 2 N–H and O–H groups in total. The molecule has 1 saturated heterocycles. The molecule has 0 saturated carbocycles. The maximum absolute atomic E-state index is 12.5. The molecule has 1 fully saturated rings. The number of likely N-dealkylation sites (tertiary alicyclic amines) is 1. The minimum absolute atomic E-state index is 0.260. The van der Waals surface area contributed by atoms with Crippen LogP contribution in [-0.2, 0) is 16.0 Å². The number of fused-ring (bicyclic) bond motifs is 1. The Kier molecular flexibility index (Phi) is 9.47. The third-order valence-corrected chi connectivity index (χ3v) is 8.16. The van der Waals surface area contributed by atoms with Gasteiger partial charge in [0.15, 0.2) is 0 Å². The highest BCUT2D eigenvalue weighted by molar-refractivity contribution is 7.10. The van der Waals surface area contributed by atoms with Crippen LogP contribution in [-0.4, -0.2) is 48.3 Å². The molecule has 1 unspecified atom stereocenters. The van der Waals surface area contributed by atoms with Gasteiger partial charge in [-0.1, -0.05) is 37.6 Å². The molecule has 4 rings (SSSR count). The summed E-state index contributed by atoms with van der Waals surface area (Å²) in [6, 6.07) is 12.1. The molecule has 6 nitrogen and oxygen atoms in total. The minimum Gasteiger partial charge on any atom is -0.382 e. The average molecular weight is 507 g/mol. The molecule has 1 aliphatic rings. The number of aromatic nitrogens is 1. The van der Waals surface area contributed by atoms with E-state index in [1.807, 2.05) is 46.8 Å². The summed E-state index contributed by atoms with van der Waals surface area (Å²) in [7, 11) is 0. The summed E-state index contributed by atoms with van der Waals surface area (Å²) in [6.45, 7) is 7.51. The molecule has 1 amide bonds. The van der Waals surface area contributed by atoms with Gasteiger partial charge in [-0.25, -0.2) is 4.98 Å². The molecule has 0 spiro atoms. The van der Waals surface area contributed by atoms with Crippen molar-refractivity contribution in [3.05, 3.63) is 52.2 Å². The Morgan fingerprint density at radius 2 is 2.08 bits per heavy atom. The number of thiophene rings is 1. The predicted molar refractivity (Wildman–Crippen MR) is 150 cm³/mol. The molecule has 3 aromatic rings. The van der Waals surface area contributed by atoms with Crippen LogP contribution in [0.2, 0.25) is 0 Å². The van der Waals surface area contributed by atoms with Gasteiger partial charge in [0.2, 0.25) is 5.91 Å². The molecule has 2 aromatic heterocycles. The van der Waals surface area contributed by atoms with Gasteiger partial charge in [0.25, 0.3) is 0 Å². The van der Waals surface area contributed by atoms with Gasteiger partial charge in [-0.15, -0.1) is 11.3 Å². The van der Waals surface area contributed by atoms with Gasteiger partial charge in [0, 0.05) is 42.8 Å². The SMILES string of the molecule is CCC(CC=Nc1c(N)nc2ccccc2c1C)COCCC1CCN(C(=O)Cc2cccs2)CC1. The number of hydrogen-bond acceptors (Lipinski definition) is 6. The van der Waals surface area contributed by atoms with Crippen LogP contribution in [0.5, 0.6) is 0 Å². The first-order valence-electron chi connectivity index (χ1n) is 13.1. The minimum atomic E-state index is 0.260. The summed E-state index contributed by atoms with van der Waals surface area (Å²) in [5.41, 5.74) is 8.93. The molecular formula is C29H38N4O2S. The number of carbonyl (C=O) groups is 1. The summed E-state index contributed by atoms with van der Waals surface area (Å²) in [5.74, 6) is 1.81. The van der Waals surface area contributed by atoms with E-state index >= 15 is 0 Å². The van der Waals surface area contributed by atoms with Crippen LogP contribution in [0.4, 0.5) is 11.5 Å². The zero-order valence-electron chi connectivity index (χ0n) is 21.5. The quantitative estimate of drug-likeness (QED) is 0.248. The maximum Gasteiger partial charge on any atom is 0.227 e. The van der Waals surface area contributed by atoms with Crippen LogP contribution in [0.3, 0.4) is 0 Å². The lowest BCUT2D eigenvalue weighted by molar-refractivity contribution is -0.131. The maximum atomic E-state index is 12.5. The number of aliphatic imine (C=N–C) groups is 1. The second-order valence-corrected chi connectivity index (χ2v) is 10.8. The summed E-state index contributed by atoms with van der Waals surface area (Å²) in [4.78, 5) is 24.9. The second kappa shape index (κ2) is 13.0. The van der Waals surface area contributed by atoms with Crippen LogP contribution in [0.15, 0.2) is 46.8 Å². The van der Waals surface area contributed by atoms with E-state index < -0.39 is 0 Å². The number of nitrogen functional groups attached to an aromatic ring is 1. The Morgan fingerprint density at radius 3 is 2.83 bits per heavy atom. The number of ether oxygens (including phenoxy) is 1. The summed E-state index contributed by atoms with van der Waals surface area (Å²) >= 11 is 1.66. The monoisotopic (exact) mass is 506 g/mol. The largest absolute Gasteiger partial charge is 0.382 e. The van der Waals surface area contributed by atoms with Crippen molar-refractivity contribution in [1.29, 1.82) is 0 Å². The van der Waals surface area contributed by atoms with Gasteiger partial charge in [-0.2, -0.15) is 0 Å². The number of carbonyl (C=O) groups excluding carboxylic acids is 1. The first kappa shape index (κ1) is 26.3. The molecule has 1 aliphatic heterocycles. The van der Waals surface area contributed by atoms with Gasteiger partial charge in [0.1, 0.15) is 11.5 Å². The highest BCUT2D eigenvalue weighted by atomic mass is 32.1. The number of anilines is 1. The Morgan fingerprint density at radius 1 is 1.28 bits per heavy atom. The van der Waals surface area contributed by atoms with Gasteiger partial charge in [-0.05, 0) is 67.5 Å². The fraction of sp³-hybridized carbons (Fsp3) is 0.483. The molecule has 0 bridgehead atoms. The standard InChI is InChI=1S/C29H38N4O2S/c1-3-22(10-14-31-28-21(2)25-8-4-5-9-26(25)32-29(28)30)20-35-17-13-23-11-15-33(16-12-23)27(34)19-24-7-6-18-36-24/h4-9,14,18,22-23H,3,10-13,15-17,19-20H2,1-2H3,(H2,30,32). The number of hydrogen-bond donors (Lipinski definition) is 1. The predicted octanol–water partition coefficient (Wildman–Crippen LogP) is 6.19. The van der Waals surface area contributed by atoms with Crippen LogP contribution < -0.4 is 5.73 Å². The highest BCUT2D eigenvalue weighted by Crippen LogP contribution is 2.31. The number of rotatable bonds is 11. The summed E-state index contributed by atoms with van der Waals surface area (Å²) in [5, 5.41) is 3.12. The van der Waals surface area contributed by atoms with E-state index in [0.29, 0.717) is 24.1 Å². The first-order chi connectivity index (χ1) is 17.5. The number of nitrogens with two attached hydrogens (primary N) is 1. The van der Waals surface area contributed by atoms with E-state index in [9.17, 15) is 4.79 Å². The molecular weight excluding hydrogens is 468 g/mol. The Balaban J connectivity index is 1.16. The van der Waals surface area contributed by atoms with Crippen LogP contribution in [0.1, 0.15) is 49.5 Å². The zero-order chi connectivity index (χ0) is 25.3. The average Bonchev–Trinajstić information content (AvgIpc) is 3.40. The van der Waals surface area contributed by atoms with Crippen molar-refractivity contribution in [2.24, 2.45) is 16.8 Å². The number of pyridine rings is 1. The van der Waals surface area contributed by atoms with E-state index in [4.69, 9.17) is 10.5 Å². The van der Waals surface area contributed by atoms with Crippen molar-refractivity contribution in [2.45, 2.75) is 52.4 Å². The van der Waals surface area contributed by atoms with E-state index in [2.05, 4.69) is 29.9 Å². The van der Waals surface area contributed by atoms with E-state index in [1.54, 1.807) is 11.3 Å². The van der Waals surface area contributed by atoms with Crippen molar-refractivity contribution < 1.29 is 9.53 Å². The number of aryl methyl sites for hydroxylation is 1. The lowest BCUT2D eigenvalue weighted by atomic mass is 9.93. The number of amides is 1. The molecule has 7 heteroatoms. The lowest BCUT2D eigenvalue weighted by Crippen LogP contribution is -2.39. The summed E-state index contributed by atoms with van der Waals surface area (Å²) < 4.78 is 6.06. The van der Waals surface area contributed by atoms with E-state index in [-0.39, 0.29) is 5.91 Å². The van der Waals surface area contributed by atoms with Crippen molar-refractivity contribution in [1.82, 2.24) is 9.88 Å². The van der Waals surface area contributed by atoms with Crippen molar-refractivity contribution >= 4 is 45.9 Å². The molecule has 36 heavy (non-hydrogen) atoms. The van der Waals surface area contributed by atoms with Crippen molar-refractivity contribution in [3.8, 4) is 0 Å². The fourth-order valence-electron chi connectivity index (χ4n) is 4.84. The first-order valence-corrected chi connectivity index (χ1v) is 14.0. The number of nitrogens with zero attached hydrogens (tertiary/aromatic N) is 3. The highest BCUT2D eigenvalue weighted by Gasteiger charge is 2.23. The Bertz CT molecular complexity index is 1150. The number of piperidine rings is 1. The number of benzene rings is 1. The van der Waals surface area contributed by atoms with Gasteiger partial charge in [0.05, 0.1) is 11.9 Å². The smallest absolute Gasteiger partial charge is 0.227 e. The third kappa shape index (κ3) is 6.92. The molecule has 3 heterocycles. The van der Waals surface area contributed by atoms with Gasteiger partial charge < -0.3 is 15.4 Å². The van der Waals surface area contributed by atoms with Crippen LogP contribution >= 0.6 is 11.3 Å². The second-order valence-electron chi connectivity index (χ2n) is 9.75. The van der Waals surface area contributed by atoms with Crippen LogP contribution in [0, 0.1) is 18.8 Å². The molecule has 192 valence electrons. The molecule has 1 aromatic carbocycles. The lowest BCUT2D eigenvalue weighted by Gasteiger charge is -2.32. The fourth-order valence-corrected chi connectivity index (χ4v) is 5.54.